The lowest BCUT2D eigenvalue weighted by Gasteiger charge is -2.24. The first-order chi connectivity index (χ1) is 11.7. The molecule has 0 aliphatic carbocycles. The number of nitrogens with two attached hydrogens (primary N) is 1. The second-order valence-corrected chi connectivity index (χ2v) is 8.00. The molecule has 0 fully saturated rings. The van der Waals surface area contributed by atoms with Crippen molar-refractivity contribution >= 4 is 18.2 Å². The highest BCUT2D eigenvalue weighted by Crippen LogP contribution is 2.10. The van der Waals surface area contributed by atoms with Crippen LogP contribution in [-0.4, -0.2) is 55.6 Å². The number of nitrogens with one attached hydrogen (secondary N) is 2. The van der Waals surface area contributed by atoms with Crippen LogP contribution in [0.25, 0.3) is 0 Å². The third-order valence-electron chi connectivity index (χ3n) is 2.96. The fraction of sp³-hybridized carbons (Fsp3) is 0.824. The molecule has 0 rings (SSSR count). The van der Waals surface area contributed by atoms with E-state index in [0.29, 0.717) is 0 Å². The number of esters is 1. The molecule has 0 unspecified atom stereocenters. The number of rotatable bonds is 7. The number of hydrogen-bond acceptors (Lipinski definition) is 7. The molecule has 0 aliphatic heterocycles. The summed E-state index contributed by atoms with van der Waals surface area (Å²) in [6.07, 6.45) is -0.976. The maximum Gasteiger partial charge on any atom is 0.407 e. The minimum atomic E-state index is -0.870. The van der Waals surface area contributed by atoms with Crippen LogP contribution < -0.4 is 16.4 Å². The second kappa shape index (κ2) is 10.2. The zero-order valence-electron chi connectivity index (χ0n) is 16.8. The van der Waals surface area contributed by atoms with Crippen LogP contribution in [0.2, 0.25) is 0 Å². The van der Waals surface area contributed by atoms with Gasteiger partial charge in [-0.3, -0.25) is 4.79 Å². The van der Waals surface area contributed by atoms with Crippen LogP contribution in [0.5, 0.6) is 0 Å². The van der Waals surface area contributed by atoms with Crippen molar-refractivity contribution in [3.63, 3.8) is 0 Å². The van der Waals surface area contributed by atoms with E-state index in [0.717, 1.165) is 0 Å². The lowest BCUT2D eigenvalue weighted by atomic mass is 10.00. The number of carbonyl (C=O) groups excluding carboxylic acids is 3. The van der Waals surface area contributed by atoms with E-state index in [1.165, 1.54) is 7.11 Å². The molecule has 0 aliphatic rings. The quantitative estimate of drug-likeness (QED) is 0.455. The number of alkyl carbamates (subject to hydrolysis) is 2. The van der Waals surface area contributed by atoms with E-state index in [2.05, 4.69) is 15.4 Å². The molecule has 0 radical (unpaired) electrons. The maximum absolute atomic E-state index is 11.8. The number of methoxy groups -OCH3 is 1. The van der Waals surface area contributed by atoms with Crippen LogP contribution in [0, 0.1) is 5.92 Å². The molecular formula is C17H33N3O6. The zero-order valence-corrected chi connectivity index (χ0v) is 16.8. The highest BCUT2D eigenvalue weighted by molar-refractivity contribution is 5.75. The Morgan fingerprint density at radius 2 is 1.27 bits per heavy atom. The van der Waals surface area contributed by atoms with Gasteiger partial charge in [-0.15, -0.1) is 0 Å². The van der Waals surface area contributed by atoms with Crippen LogP contribution in [-0.2, 0) is 19.0 Å². The molecule has 1 atom stereocenters. The Morgan fingerprint density at radius 3 is 1.58 bits per heavy atom. The van der Waals surface area contributed by atoms with E-state index in [1.54, 1.807) is 41.5 Å². The fourth-order valence-electron chi connectivity index (χ4n) is 1.93. The first kappa shape index (κ1) is 24.0. The van der Waals surface area contributed by atoms with Crippen LogP contribution in [0.15, 0.2) is 0 Å². The first-order valence-electron chi connectivity index (χ1n) is 8.50. The second-order valence-electron chi connectivity index (χ2n) is 8.00. The molecule has 2 amide bonds. The minimum absolute atomic E-state index is 0.162. The molecule has 0 heterocycles. The first-order valence-corrected chi connectivity index (χ1v) is 8.50. The summed E-state index contributed by atoms with van der Waals surface area (Å²) < 4.78 is 14.9. The van der Waals surface area contributed by atoms with Gasteiger partial charge in [-0.25, -0.2) is 9.59 Å². The fourth-order valence-corrected chi connectivity index (χ4v) is 1.93. The van der Waals surface area contributed by atoms with Crippen molar-refractivity contribution in [1.82, 2.24) is 10.6 Å². The van der Waals surface area contributed by atoms with Gasteiger partial charge >= 0.3 is 18.2 Å². The number of carbonyl (C=O) groups is 3. The molecule has 26 heavy (non-hydrogen) atoms. The zero-order chi connectivity index (χ0) is 20.5. The largest absolute Gasteiger partial charge is 0.468 e. The third kappa shape index (κ3) is 12.3. The minimum Gasteiger partial charge on any atom is -0.468 e. The number of ether oxygens (including phenoxy) is 3. The molecule has 152 valence electrons. The van der Waals surface area contributed by atoms with E-state index in [4.69, 9.17) is 15.2 Å². The van der Waals surface area contributed by atoms with Gasteiger partial charge in [-0.05, 0) is 53.9 Å². The Bertz CT molecular complexity index is 450. The molecule has 0 spiro atoms. The molecular weight excluding hydrogens is 342 g/mol. The lowest BCUT2D eigenvalue weighted by Crippen LogP contribution is -2.43. The highest BCUT2D eigenvalue weighted by Gasteiger charge is 2.24. The normalized spacial score (nSPS) is 13.0. The summed E-state index contributed by atoms with van der Waals surface area (Å²) in [6.45, 7) is 10.8. The standard InChI is InChI=1S/C17H33N3O6/c1-16(2,3)25-14(22)19-9-11(8-12(18)13(21)24-7)10-20-15(23)26-17(4,5)6/h11-12H,8-10,18H2,1-7H3,(H,19,22)(H,20,23)/t12-/m0/s1. The molecule has 0 aromatic rings. The van der Waals surface area contributed by atoms with Gasteiger partial charge in [0.2, 0.25) is 0 Å². The van der Waals surface area contributed by atoms with Gasteiger partial charge in [0.1, 0.15) is 17.2 Å². The Balaban J connectivity index is 4.71. The summed E-state index contributed by atoms with van der Waals surface area (Å²) in [6, 6.07) is -0.870. The molecule has 9 heteroatoms. The predicted octanol–water partition coefficient (Wildman–Crippen LogP) is 1.54. The summed E-state index contributed by atoms with van der Waals surface area (Å²) >= 11 is 0. The summed E-state index contributed by atoms with van der Waals surface area (Å²) in [5.41, 5.74) is 4.53. The van der Waals surface area contributed by atoms with Crippen molar-refractivity contribution in [1.29, 1.82) is 0 Å². The molecule has 0 saturated heterocycles. The Labute approximate surface area is 155 Å². The number of amides is 2. The van der Waals surface area contributed by atoms with E-state index < -0.39 is 35.4 Å². The third-order valence-corrected chi connectivity index (χ3v) is 2.96. The Morgan fingerprint density at radius 1 is 0.885 bits per heavy atom. The van der Waals surface area contributed by atoms with Crippen LogP contribution in [0.3, 0.4) is 0 Å². The van der Waals surface area contributed by atoms with Crippen molar-refractivity contribution in [2.24, 2.45) is 11.7 Å². The SMILES string of the molecule is COC(=O)[C@@H](N)CC(CNC(=O)OC(C)(C)C)CNC(=O)OC(C)(C)C. The van der Waals surface area contributed by atoms with Gasteiger partial charge in [0.25, 0.3) is 0 Å². The molecule has 0 saturated carbocycles. The van der Waals surface area contributed by atoms with Gasteiger partial charge in [0.15, 0.2) is 0 Å². The smallest absolute Gasteiger partial charge is 0.407 e. The average molecular weight is 375 g/mol. The van der Waals surface area contributed by atoms with Crippen molar-refractivity contribution < 1.29 is 28.6 Å². The van der Waals surface area contributed by atoms with E-state index in [1.807, 2.05) is 0 Å². The summed E-state index contributed by atoms with van der Waals surface area (Å²) in [5.74, 6) is -0.881. The molecule has 0 bridgehead atoms. The molecule has 9 nitrogen and oxygen atoms in total. The lowest BCUT2D eigenvalue weighted by molar-refractivity contribution is -0.142. The predicted molar refractivity (Wildman–Crippen MR) is 96.6 cm³/mol. The van der Waals surface area contributed by atoms with E-state index >= 15 is 0 Å². The molecule has 0 aromatic carbocycles. The van der Waals surface area contributed by atoms with Gasteiger partial charge in [0, 0.05) is 13.1 Å². The van der Waals surface area contributed by atoms with Crippen molar-refractivity contribution in [2.45, 2.75) is 65.2 Å². The Kier molecular flexibility index (Phi) is 9.40. The monoisotopic (exact) mass is 375 g/mol. The summed E-state index contributed by atoms with van der Waals surface area (Å²) in [5, 5.41) is 5.23. The van der Waals surface area contributed by atoms with Crippen molar-refractivity contribution in [3.05, 3.63) is 0 Å². The summed E-state index contributed by atoms with van der Waals surface area (Å²) in [7, 11) is 1.25. The maximum atomic E-state index is 11.8. The van der Waals surface area contributed by atoms with E-state index in [-0.39, 0.29) is 25.4 Å². The van der Waals surface area contributed by atoms with Gasteiger partial charge in [0.05, 0.1) is 7.11 Å². The van der Waals surface area contributed by atoms with Gasteiger partial charge in [-0.1, -0.05) is 0 Å². The van der Waals surface area contributed by atoms with Crippen molar-refractivity contribution in [3.8, 4) is 0 Å². The van der Waals surface area contributed by atoms with Crippen LogP contribution >= 0.6 is 0 Å². The van der Waals surface area contributed by atoms with Crippen LogP contribution in [0.4, 0.5) is 9.59 Å². The van der Waals surface area contributed by atoms with Gasteiger partial charge < -0.3 is 30.6 Å². The van der Waals surface area contributed by atoms with Crippen LogP contribution in [0.1, 0.15) is 48.0 Å². The average Bonchev–Trinajstić information content (AvgIpc) is 2.45. The molecule has 0 aromatic heterocycles. The highest BCUT2D eigenvalue weighted by atomic mass is 16.6. The van der Waals surface area contributed by atoms with Gasteiger partial charge in [-0.2, -0.15) is 0 Å². The number of hydrogen-bond donors (Lipinski definition) is 3. The van der Waals surface area contributed by atoms with E-state index in [9.17, 15) is 14.4 Å². The summed E-state index contributed by atoms with van der Waals surface area (Å²) in [4.78, 5) is 35.1. The topological polar surface area (TPSA) is 129 Å². The Hall–Kier alpha value is -2.03. The van der Waals surface area contributed by atoms with Crippen molar-refractivity contribution in [2.75, 3.05) is 20.2 Å². The molecule has 4 N–H and O–H groups in total.